The Morgan fingerprint density at radius 1 is 1.24 bits per heavy atom. The normalized spacial score (nSPS) is 10.5. The highest BCUT2D eigenvalue weighted by Gasteiger charge is 2.13. The Labute approximate surface area is 120 Å². The van der Waals surface area contributed by atoms with Crippen LogP contribution in [0.25, 0.3) is 10.8 Å². The molecule has 0 unspecified atom stereocenters. The van der Waals surface area contributed by atoms with Gasteiger partial charge in [0.1, 0.15) is 17.8 Å². The first-order valence-corrected chi connectivity index (χ1v) is 6.31. The van der Waals surface area contributed by atoms with Crippen molar-refractivity contribution in [2.24, 2.45) is 5.84 Å². The lowest BCUT2D eigenvalue weighted by molar-refractivity contribution is 0.0951. The van der Waals surface area contributed by atoms with Gasteiger partial charge in [0, 0.05) is 17.6 Å². The van der Waals surface area contributed by atoms with E-state index < -0.39 is 0 Å². The fraction of sp³-hybridized carbons (Fsp3) is 0.0714. The number of hydrogen-bond acceptors (Lipinski definition) is 6. The minimum atomic E-state index is -0.231. The number of nitrogen functional groups attached to an aromatic ring is 1. The van der Waals surface area contributed by atoms with Crippen molar-refractivity contribution in [1.82, 2.24) is 15.5 Å². The number of anilines is 1. The van der Waals surface area contributed by atoms with Gasteiger partial charge in [-0.05, 0) is 5.39 Å². The molecule has 7 heteroatoms. The number of nitrogens with one attached hydrogen (secondary N) is 2. The highest BCUT2D eigenvalue weighted by molar-refractivity contribution is 6.09. The molecule has 0 aliphatic carbocycles. The van der Waals surface area contributed by atoms with Gasteiger partial charge in [0.25, 0.3) is 5.91 Å². The maximum Gasteiger partial charge on any atom is 0.253 e. The third kappa shape index (κ3) is 2.54. The number of fused-ring (bicyclic) bond motifs is 1. The number of hydrogen-bond donors (Lipinski definition) is 3. The van der Waals surface area contributed by atoms with E-state index in [1.54, 1.807) is 6.07 Å². The van der Waals surface area contributed by atoms with Crippen LogP contribution in [0.3, 0.4) is 0 Å². The lowest BCUT2D eigenvalue weighted by Gasteiger charge is -2.09. The molecule has 0 radical (unpaired) electrons. The van der Waals surface area contributed by atoms with Gasteiger partial charge in [0.2, 0.25) is 0 Å². The Bertz CT molecular complexity index is 770. The summed E-state index contributed by atoms with van der Waals surface area (Å²) in [6.45, 7) is 0.292. The first-order valence-electron chi connectivity index (χ1n) is 6.31. The molecule has 1 amide bonds. The van der Waals surface area contributed by atoms with Crippen molar-refractivity contribution in [3.8, 4) is 0 Å². The van der Waals surface area contributed by atoms with Gasteiger partial charge in [-0.3, -0.25) is 4.79 Å². The van der Waals surface area contributed by atoms with E-state index in [2.05, 4.69) is 20.9 Å². The zero-order chi connectivity index (χ0) is 14.7. The van der Waals surface area contributed by atoms with E-state index in [4.69, 9.17) is 10.4 Å². The van der Waals surface area contributed by atoms with Crippen LogP contribution in [0.4, 0.5) is 5.82 Å². The predicted molar refractivity (Wildman–Crippen MR) is 77.2 cm³/mol. The maximum absolute atomic E-state index is 12.3. The molecule has 0 bridgehead atoms. The van der Waals surface area contributed by atoms with E-state index in [9.17, 15) is 4.79 Å². The molecule has 0 saturated carbocycles. The minimum absolute atomic E-state index is 0.231. The number of pyridine rings is 1. The first-order chi connectivity index (χ1) is 10.3. The lowest BCUT2D eigenvalue weighted by Crippen LogP contribution is -2.23. The molecule has 0 atom stereocenters. The van der Waals surface area contributed by atoms with Crippen LogP contribution in [-0.4, -0.2) is 16.0 Å². The molecule has 106 valence electrons. The minimum Gasteiger partial charge on any atom is -0.364 e. The second kappa shape index (κ2) is 5.59. The third-order valence-corrected chi connectivity index (χ3v) is 3.10. The van der Waals surface area contributed by atoms with Crippen LogP contribution in [-0.2, 0) is 6.54 Å². The number of nitrogens with two attached hydrogens (primary N) is 1. The molecule has 0 saturated heterocycles. The Morgan fingerprint density at radius 3 is 2.76 bits per heavy atom. The second-order valence-corrected chi connectivity index (χ2v) is 4.38. The predicted octanol–water partition coefficient (Wildman–Crippen LogP) is 1.44. The molecule has 0 aliphatic heterocycles. The molecule has 1 aromatic carbocycles. The number of nitrogens with zero attached hydrogens (tertiary/aromatic N) is 2. The third-order valence-electron chi connectivity index (χ3n) is 3.10. The highest BCUT2D eigenvalue weighted by atomic mass is 16.5. The summed E-state index contributed by atoms with van der Waals surface area (Å²) >= 11 is 0. The molecule has 21 heavy (non-hydrogen) atoms. The summed E-state index contributed by atoms with van der Waals surface area (Å²) in [5.41, 5.74) is 3.66. The standard InChI is InChI=1S/C14H13N5O2/c15-18-13-11-4-2-1-3-10(11)12(8-16-13)14(20)17-7-9-5-6-21-19-9/h1-6,8H,7,15H2,(H,16,18)(H,17,20). The summed E-state index contributed by atoms with van der Waals surface area (Å²) in [5.74, 6) is 5.73. The lowest BCUT2D eigenvalue weighted by atomic mass is 10.1. The van der Waals surface area contributed by atoms with Crippen LogP contribution in [0.15, 0.2) is 47.3 Å². The van der Waals surface area contributed by atoms with Gasteiger partial charge in [-0.2, -0.15) is 0 Å². The summed E-state index contributed by atoms with van der Waals surface area (Å²) < 4.78 is 4.72. The zero-order valence-corrected chi connectivity index (χ0v) is 11.0. The number of benzene rings is 1. The number of carbonyl (C=O) groups is 1. The number of carbonyl (C=O) groups excluding carboxylic acids is 1. The van der Waals surface area contributed by atoms with Crippen molar-refractivity contribution in [3.05, 3.63) is 54.0 Å². The van der Waals surface area contributed by atoms with Crippen LogP contribution < -0.4 is 16.6 Å². The van der Waals surface area contributed by atoms with E-state index >= 15 is 0 Å². The van der Waals surface area contributed by atoms with Crippen molar-refractivity contribution in [2.75, 3.05) is 5.43 Å². The molecular formula is C14H13N5O2. The van der Waals surface area contributed by atoms with Crippen molar-refractivity contribution in [1.29, 1.82) is 0 Å². The quantitative estimate of drug-likeness (QED) is 0.494. The molecule has 0 spiro atoms. The van der Waals surface area contributed by atoms with Crippen LogP contribution in [0, 0.1) is 0 Å². The van der Waals surface area contributed by atoms with Gasteiger partial charge in [0.15, 0.2) is 0 Å². The second-order valence-electron chi connectivity index (χ2n) is 4.38. The van der Waals surface area contributed by atoms with Crippen molar-refractivity contribution in [2.45, 2.75) is 6.54 Å². The molecular weight excluding hydrogens is 270 g/mol. The molecule has 3 rings (SSSR count). The van der Waals surface area contributed by atoms with E-state index in [0.29, 0.717) is 23.6 Å². The van der Waals surface area contributed by atoms with Crippen molar-refractivity contribution < 1.29 is 9.32 Å². The summed E-state index contributed by atoms with van der Waals surface area (Å²) in [5, 5.41) is 8.08. The summed E-state index contributed by atoms with van der Waals surface area (Å²) in [4.78, 5) is 16.5. The Hall–Kier alpha value is -2.93. The van der Waals surface area contributed by atoms with Gasteiger partial charge in [-0.1, -0.05) is 29.4 Å². The Morgan fingerprint density at radius 2 is 2.05 bits per heavy atom. The van der Waals surface area contributed by atoms with Gasteiger partial charge in [0.05, 0.1) is 12.1 Å². The van der Waals surface area contributed by atoms with Crippen molar-refractivity contribution >= 4 is 22.5 Å². The number of aromatic nitrogens is 2. The van der Waals surface area contributed by atoms with Gasteiger partial charge >= 0.3 is 0 Å². The molecule has 3 aromatic rings. The maximum atomic E-state index is 12.3. The number of amides is 1. The SMILES string of the molecule is NNc1ncc(C(=O)NCc2ccon2)c2ccccc12. The first kappa shape index (κ1) is 13.1. The van der Waals surface area contributed by atoms with Gasteiger partial charge in [-0.25, -0.2) is 10.8 Å². The topological polar surface area (TPSA) is 106 Å². The van der Waals surface area contributed by atoms with E-state index in [1.165, 1.54) is 12.5 Å². The highest BCUT2D eigenvalue weighted by Crippen LogP contribution is 2.23. The molecule has 4 N–H and O–H groups in total. The summed E-state index contributed by atoms with van der Waals surface area (Å²) in [6.07, 6.45) is 2.95. The molecule has 2 aromatic heterocycles. The zero-order valence-electron chi connectivity index (χ0n) is 11.0. The van der Waals surface area contributed by atoms with Gasteiger partial charge in [-0.15, -0.1) is 0 Å². The van der Waals surface area contributed by atoms with E-state index in [0.717, 1.165) is 10.8 Å². The average Bonchev–Trinajstić information content (AvgIpc) is 3.05. The van der Waals surface area contributed by atoms with Crippen molar-refractivity contribution in [3.63, 3.8) is 0 Å². The monoisotopic (exact) mass is 283 g/mol. The number of hydrazine groups is 1. The molecule has 0 aliphatic rings. The van der Waals surface area contributed by atoms with E-state index in [1.807, 2.05) is 24.3 Å². The fourth-order valence-corrected chi connectivity index (χ4v) is 2.08. The molecule has 2 heterocycles. The van der Waals surface area contributed by atoms with E-state index in [-0.39, 0.29) is 5.91 Å². The summed E-state index contributed by atoms with van der Waals surface area (Å²) in [7, 11) is 0. The average molecular weight is 283 g/mol. The Kier molecular flexibility index (Phi) is 3.48. The Balaban J connectivity index is 1.91. The fourth-order valence-electron chi connectivity index (χ4n) is 2.08. The van der Waals surface area contributed by atoms with Crippen LogP contribution in [0.5, 0.6) is 0 Å². The van der Waals surface area contributed by atoms with Crippen LogP contribution in [0.2, 0.25) is 0 Å². The largest absolute Gasteiger partial charge is 0.364 e. The van der Waals surface area contributed by atoms with Crippen LogP contribution in [0.1, 0.15) is 16.1 Å². The summed E-state index contributed by atoms with van der Waals surface area (Å²) in [6, 6.07) is 9.12. The van der Waals surface area contributed by atoms with Gasteiger partial charge < -0.3 is 15.3 Å². The molecule has 7 nitrogen and oxygen atoms in total. The smallest absolute Gasteiger partial charge is 0.253 e. The van der Waals surface area contributed by atoms with Crippen LogP contribution >= 0.6 is 0 Å². The molecule has 0 fully saturated rings. The number of rotatable bonds is 4.